The van der Waals surface area contributed by atoms with Crippen LogP contribution in [0.5, 0.6) is 0 Å². The van der Waals surface area contributed by atoms with Gasteiger partial charge in [0.1, 0.15) is 0 Å². The molecule has 0 N–H and O–H groups in total. The second kappa shape index (κ2) is 7.64. The van der Waals surface area contributed by atoms with Gasteiger partial charge in [0.15, 0.2) is 0 Å². The molecule has 0 aliphatic carbocycles. The Balaban J connectivity index is 1.70. The third-order valence-electron chi connectivity index (χ3n) is 5.28. The first-order valence-corrected chi connectivity index (χ1v) is 10.7. The third kappa shape index (κ3) is 4.18. The van der Waals surface area contributed by atoms with Crippen LogP contribution in [0.15, 0.2) is 29.2 Å². The van der Waals surface area contributed by atoms with E-state index < -0.39 is 10.0 Å². The molecule has 2 fully saturated rings. The van der Waals surface area contributed by atoms with E-state index in [0.717, 1.165) is 32.4 Å². The fraction of sp³-hybridized carbons (Fsp3) is 0.611. The molecule has 0 saturated carbocycles. The van der Waals surface area contributed by atoms with Gasteiger partial charge in [-0.2, -0.15) is 4.31 Å². The van der Waals surface area contributed by atoms with Gasteiger partial charge in [-0.05, 0) is 55.9 Å². The van der Waals surface area contributed by atoms with Gasteiger partial charge in [-0.3, -0.25) is 4.79 Å². The number of halogens is 1. The van der Waals surface area contributed by atoms with E-state index in [2.05, 4.69) is 6.92 Å². The predicted octanol–water partition coefficient (Wildman–Crippen LogP) is 3.00. The maximum Gasteiger partial charge on any atom is 0.243 e. The predicted molar refractivity (Wildman–Crippen MR) is 97.9 cm³/mol. The first kappa shape index (κ1) is 18.7. The number of nitrogens with zero attached hydrogens (tertiary/aromatic N) is 2. The molecule has 1 aromatic carbocycles. The Kier molecular flexibility index (Phi) is 5.71. The van der Waals surface area contributed by atoms with Crippen LogP contribution in [-0.4, -0.2) is 49.7 Å². The van der Waals surface area contributed by atoms with Gasteiger partial charge in [0, 0.05) is 31.2 Å². The Morgan fingerprint density at radius 2 is 1.72 bits per heavy atom. The monoisotopic (exact) mass is 384 g/mol. The number of hydrogen-bond acceptors (Lipinski definition) is 3. The van der Waals surface area contributed by atoms with Gasteiger partial charge in [-0.1, -0.05) is 18.5 Å². The minimum atomic E-state index is -3.58. The van der Waals surface area contributed by atoms with Crippen molar-refractivity contribution >= 4 is 27.5 Å². The zero-order valence-corrected chi connectivity index (χ0v) is 16.1. The minimum absolute atomic E-state index is 0.114. The molecule has 2 aliphatic rings. The average Bonchev–Trinajstić information content (AvgIpc) is 2.62. The van der Waals surface area contributed by atoms with Gasteiger partial charge in [0.2, 0.25) is 15.9 Å². The number of carbonyl (C=O) groups excluding carboxylic acids is 1. The molecule has 0 bridgehead atoms. The van der Waals surface area contributed by atoms with Gasteiger partial charge < -0.3 is 4.90 Å². The largest absolute Gasteiger partial charge is 0.342 e. The summed E-state index contributed by atoms with van der Waals surface area (Å²) in [5.41, 5.74) is 0. The highest BCUT2D eigenvalue weighted by atomic mass is 35.5. The Hall–Kier alpha value is -1.11. The molecule has 1 atom stereocenters. The van der Waals surface area contributed by atoms with E-state index in [1.54, 1.807) is 12.1 Å². The normalized spacial score (nSPS) is 23.6. The van der Waals surface area contributed by atoms with E-state index in [9.17, 15) is 13.2 Å². The Bertz CT molecular complexity index is 712. The van der Waals surface area contributed by atoms with Crippen LogP contribution in [0, 0.1) is 11.8 Å². The number of carbonyl (C=O) groups is 1. The zero-order chi connectivity index (χ0) is 18.0. The molecule has 2 saturated heterocycles. The Labute approximate surface area is 155 Å². The maximum absolute atomic E-state index is 12.8. The molecule has 5 nitrogen and oxygen atoms in total. The molecule has 25 heavy (non-hydrogen) atoms. The molecule has 1 unspecified atom stereocenters. The summed E-state index contributed by atoms with van der Waals surface area (Å²) in [7, 11) is -3.58. The smallest absolute Gasteiger partial charge is 0.243 e. The highest BCUT2D eigenvalue weighted by molar-refractivity contribution is 7.89. The van der Waals surface area contributed by atoms with Crippen molar-refractivity contribution in [1.29, 1.82) is 0 Å². The lowest BCUT2D eigenvalue weighted by Gasteiger charge is -2.36. The van der Waals surface area contributed by atoms with Crippen LogP contribution < -0.4 is 0 Å². The van der Waals surface area contributed by atoms with Gasteiger partial charge in [0.25, 0.3) is 0 Å². The second-order valence-corrected chi connectivity index (χ2v) is 9.54. The molecule has 138 valence electrons. The number of hydrogen-bond donors (Lipinski definition) is 0. The first-order valence-electron chi connectivity index (χ1n) is 8.92. The van der Waals surface area contributed by atoms with E-state index >= 15 is 0 Å². The van der Waals surface area contributed by atoms with E-state index in [1.165, 1.54) is 16.4 Å². The van der Waals surface area contributed by atoms with Crippen molar-refractivity contribution in [2.24, 2.45) is 11.8 Å². The summed E-state index contributed by atoms with van der Waals surface area (Å²) in [6.45, 7) is 4.53. The van der Waals surface area contributed by atoms with Crippen molar-refractivity contribution in [3.63, 3.8) is 0 Å². The van der Waals surface area contributed by atoms with E-state index in [1.807, 2.05) is 4.90 Å². The second-order valence-electron chi connectivity index (χ2n) is 7.16. The van der Waals surface area contributed by atoms with Gasteiger partial charge in [-0.15, -0.1) is 0 Å². The number of piperidine rings is 2. The summed E-state index contributed by atoms with van der Waals surface area (Å²) in [6.07, 6.45) is 3.54. The summed E-state index contributed by atoms with van der Waals surface area (Å²) in [6, 6.07) is 6.20. The molecule has 1 aromatic rings. The molecular formula is C18H25ClN2O3S. The lowest BCUT2D eigenvalue weighted by atomic mass is 9.94. The van der Waals surface area contributed by atoms with E-state index in [0.29, 0.717) is 23.9 Å². The molecular weight excluding hydrogens is 360 g/mol. The highest BCUT2D eigenvalue weighted by Gasteiger charge is 2.35. The molecule has 2 heterocycles. The summed E-state index contributed by atoms with van der Waals surface area (Å²) in [5, 5.41) is 0.505. The van der Waals surface area contributed by atoms with Gasteiger partial charge >= 0.3 is 0 Å². The average molecular weight is 385 g/mol. The SMILES string of the molecule is CC1CCN(C(=O)C2CCCN(S(=O)(=O)c3ccc(Cl)cc3)C2)CC1. The maximum atomic E-state index is 12.8. The molecule has 0 aromatic heterocycles. The number of benzene rings is 1. The molecule has 0 radical (unpaired) electrons. The van der Waals surface area contributed by atoms with Crippen LogP contribution >= 0.6 is 11.6 Å². The molecule has 2 aliphatic heterocycles. The van der Waals surface area contributed by atoms with Crippen LogP contribution in [0.25, 0.3) is 0 Å². The molecule has 0 spiro atoms. The third-order valence-corrected chi connectivity index (χ3v) is 7.41. The van der Waals surface area contributed by atoms with E-state index in [-0.39, 0.29) is 23.3 Å². The molecule has 7 heteroatoms. The zero-order valence-electron chi connectivity index (χ0n) is 14.5. The van der Waals surface area contributed by atoms with Crippen molar-refractivity contribution in [2.45, 2.75) is 37.5 Å². The number of likely N-dealkylation sites (tertiary alicyclic amines) is 1. The van der Waals surface area contributed by atoms with Crippen LogP contribution in [0.2, 0.25) is 5.02 Å². The van der Waals surface area contributed by atoms with Crippen LogP contribution in [0.4, 0.5) is 0 Å². The fourth-order valence-electron chi connectivity index (χ4n) is 3.61. The summed E-state index contributed by atoms with van der Waals surface area (Å²) in [5.74, 6) is 0.546. The molecule has 1 amide bonds. The lowest BCUT2D eigenvalue weighted by Crippen LogP contribution is -2.48. The quantitative estimate of drug-likeness (QED) is 0.804. The standard InChI is InChI=1S/C18H25ClN2O3S/c1-14-8-11-20(12-9-14)18(22)15-3-2-10-21(13-15)25(23,24)17-6-4-16(19)5-7-17/h4-7,14-15H,2-3,8-13H2,1H3. The van der Waals surface area contributed by atoms with Crippen molar-refractivity contribution < 1.29 is 13.2 Å². The van der Waals surface area contributed by atoms with Gasteiger partial charge in [0.05, 0.1) is 10.8 Å². The minimum Gasteiger partial charge on any atom is -0.342 e. The number of rotatable bonds is 3. The lowest BCUT2D eigenvalue weighted by molar-refractivity contribution is -0.138. The first-order chi connectivity index (χ1) is 11.9. The number of amides is 1. The van der Waals surface area contributed by atoms with Crippen molar-refractivity contribution in [3.8, 4) is 0 Å². The summed E-state index contributed by atoms with van der Waals surface area (Å²) < 4.78 is 27.1. The van der Waals surface area contributed by atoms with Crippen molar-refractivity contribution in [1.82, 2.24) is 9.21 Å². The Morgan fingerprint density at radius 3 is 2.36 bits per heavy atom. The van der Waals surface area contributed by atoms with Crippen molar-refractivity contribution in [3.05, 3.63) is 29.3 Å². The highest BCUT2D eigenvalue weighted by Crippen LogP contribution is 2.27. The topological polar surface area (TPSA) is 57.7 Å². The summed E-state index contributed by atoms with van der Waals surface area (Å²) in [4.78, 5) is 15.0. The van der Waals surface area contributed by atoms with E-state index in [4.69, 9.17) is 11.6 Å². The Morgan fingerprint density at radius 1 is 1.08 bits per heavy atom. The van der Waals surface area contributed by atoms with Crippen molar-refractivity contribution in [2.75, 3.05) is 26.2 Å². The van der Waals surface area contributed by atoms with Crippen LogP contribution in [-0.2, 0) is 14.8 Å². The molecule has 3 rings (SSSR count). The fourth-order valence-corrected chi connectivity index (χ4v) is 5.25. The van der Waals surface area contributed by atoms with Gasteiger partial charge in [-0.25, -0.2) is 8.42 Å². The van der Waals surface area contributed by atoms with Crippen LogP contribution in [0.1, 0.15) is 32.6 Å². The van der Waals surface area contributed by atoms with Crippen LogP contribution in [0.3, 0.4) is 0 Å². The summed E-state index contributed by atoms with van der Waals surface area (Å²) >= 11 is 5.85. The number of sulfonamides is 1.